The van der Waals surface area contributed by atoms with Crippen LogP contribution in [0.25, 0.3) is 0 Å². The van der Waals surface area contributed by atoms with Crippen LogP contribution in [-0.4, -0.2) is 53.6 Å². The van der Waals surface area contributed by atoms with Gasteiger partial charge in [0.15, 0.2) is 0 Å². The second kappa shape index (κ2) is 8.25. The molecule has 6 nitrogen and oxygen atoms in total. The summed E-state index contributed by atoms with van der Waals surface area (Å²) in [5, 5.41) is 13.1. The summed E-state index contributed by atoms with van der Waals surface area (Å²) < 4.78 is 0. The van der Waals surface area contributed by atoms with Gasteiger partial charge in [-0.1, -0.05) is 12.1 Å². The van der Waals surface area contributed by atoms with E-state index in [1.54, 1.807) is 24.3 Å². The number of rotatable bonds is 6. The van der Waals surface area contributed by atoms with E-state index in [1.807, 2.05) is 0 Å². The van der Waals surface area contributed by atoms with Gasteiger partial charge in [0.2, 0.25) is 0 Å². The molecule has 0 bridgehead atoms. The van der Waals surface area contributed by atoms with E-state index < -0.39 is 0 Å². The Kier molecular flexibility index (Phi) is 5.53. The van der Waals surface area contributed by atoms with Gasteiger partial charge in [-0.3, -0.25) is 14.5 Å². The van der Waals surface area contributed by atoms with E-state index >= 15 is 0 Å². The molecule has 6 heteroatoms. The van der Waals surface area contributed by atoms with Crippen molar-refractivity contribution < 1.29 is 14.7 Å². The average molecular weight is 393 g/mol. The molecule has 1 saturated heterocycles. The maximum absolute atomic E-state index is 12.5. The lowest BCUT2D eigenvalue weighted by atomic mass is 10.1. The predicted octanol–water partition coefficient (Wildman–Crippen LogP) is 3.13. The molecule has 2 N–H and O–H groups in total. The van der Waals surface area contributed by atoms with Crippen molar-refractivity contribution in [1.29, 1.82) is 0 Å². The number of carbonyl (C=O) groups is 2. The second-order valence-corrected chi connectivity index (χ2v) is 7.91. The molecule has 152 valence electrons. The van der Waals surface area contributed by atoms with Gasteiger partial charge >= 0.3 is 0 Å². The second-order valence-electron chi connectivity index (χ2n) is 7.91. The molecule has 2 aromatic carbocycles. The maximum atomic E-state index is 12.5. The molecule has 2 aliphatic rings. The minimum Gasteiger partial charge on any atom is -0.393 e. The molecule has 4 rings (SSSR count). The molecule has 2 aromatic rings. The van der Waals surface area contributed by atoms with E-state index in [1.165, 1.54) is 10.6 Å². The number of piperidine rings is 1. The van der Waals surface area contributed by atoms with Gasteiger partial charge in [0.1, 0.15) is 0 Å². The van der Waals surface area contributed by atoms with Crippen molar-refractivity contribution in [3.63, 3.8) is 0 Å². The van der Waals surface area contributed by atoms with Crippen LogP contribution in [0.1, 0.15) is 46.9 Å². The van der Waals surface area contributed by atoms with Crippen molar-refractivity contribution in [1.82, 2.24) is 4.90 Å². The number of imide groups is 1. The lowest BCUT2D eigenvalue weighted by Crippen LogP contribution is -2.35. The number of aliphatic hydroxyl groups excluding tert-OH is 1. The molecule has 0 aliphatic carbocycles. The first-order valence-electron chi connectivity index (χ1n) is 10.3. The van der Waals surface area contributed by atoms with Crippen LogP contribution >= 0.6 is 0 Å². The van der Waals surface area contributed by atoms with Gasteiger partial charge in [0.05, 0.1) is 17.2 Å². The minimum absolute atomic E-state index is 0.121. The molecule has 2 aliphatic heterocycles. The summed E-state index contributed by atoms with van der Waals surface area (Å²) in [6.07, 6.45) is 2.14. The van der Waals surface area contributed by atoms with E-state index in [0.717, 1.165) is 31.6 Å². The summed E-state index contributed by atoms with van der Waals surface area (Å²) in [5.41, 5.74) is 3.18. The molecule has 0 unspecified atom stereocenters. The number of nitrogens with zero attached hydrogens (tertiary/aromatic N) is 2. The monoisotopic (exact) mass is 393 g/mol. The number of nitrogens with one attached hydrogen (secondary N) is 1. The Morgan fingerprint density at radius 3 is 2.17 bits per heavy atom. The summed E-state index contributed by atoms with van der Waals surface area (Å²) >= 11 is 0. The van der Waals surface area contributed by atoms with Crippen LogP contribution in [0.2, 0.25) is 0 Å². The molecule has 1 atom stereocenters. The van der Waals surface area contributed by atoms with E-state index in [9.17, 15) is 14.7 Å². The Morgan fingerprint density at radius 1 is 1.00 bits per heavy atom. The summed E-state index contributed by atoms with van der Waals surface area (Å²) in [4.78, 5) is 28.5. The number of aliphatic hydroxyl groups is 1. The number of hydrogen-bond donors (Lipinski definition) is 2. The van der Waals surface area contributed by atoms with Crippen LogP contribution in [-0.2, 0) is 0 Å². The molecule has 2 heterocycles. The molecule has 0 radical (unpaired) electrons. The van der Waals surface area contributed by atoms with Crippen LogP contribution in [0.3, 0.4) is 0 Å². The largest absolute Gasteiger partial charge is 0.393 e. The van der Waals surface area contributed by atoms with Gasteiger partial charge in [0, 0.05) is 37.1 Å². The molecular formula is C23H27N3O3. The zero-order chi connectivity index (χ0) is 20.4. The highest BCUT2D eigenvalue weighted by Gasteiger charge is 2.34. The fraction of sp³-hybridized carbons (Fsp3) is 0.391. The normalized spacial score (nSPS) is 18.1. The first-order valence-corrected chi connectivity index (χ1v) is 10.3. The van der Waals surface area contributed by atoms with Crippen LogP contribution in [0.5, 0.6) is 0 Å². The Balaban J connectivity index is 1.30. The summed E-state index contributed by atoms with van der Waals surface area (Å²) in [7, 11) is 0. The van der Waals surface area contributed by atoms with Gasteiger partial charge in [-0.2, -0.15) is 0 Å². The number of fused-ring (bicyclic) bond motifs is 1. The summed E-state index contributed by atoms with van der Waals surface area (Å²) in [5.74, 6) is -0.400. The molecule has 0 saturated carbocycles. The standard InChI is InChI=1S/C23H27N3O3/c1-16(10-15-26-22(28)20-4-2-3-5-21(20)23(26)29)24-17-6-8-18(9-7-17)25-13-11-19(27)12-14-25/h2-9,16,19,24,27H,10-15H2,1H3/t16-/m1/s1. The van der Waals surface area contributed by atoms with Crippen LogP contribution < -0.4 is 10.2 Å². The quantitative estimate of drug-likeness (QED) is 0.738. The number of anilines is 2. The lowest BCUT2D eigenvalue weighted by Gasteiger charge is -2.31. The summed E-state index contributed by atoms with van der Waals surface area (Å²) in [6.45, 7) is 4.21. The zero-order valence-corrected chi connectivity index (χ0v) is 16.7. The maximum Gasteiger partial charge on any atom is 0.261 e. The number of hydrogen-bond acceptors (Lipinski definition) is 5. The van der Waals surface area contributed by atoms with Crippen molar-refractivity contribution in [2.45, 2.75) is 38.3 Å². The molecule has 29 heavy (non-hydrogen) atoms. The summed E-state index contributed by atoms with van der Waals surface area (Å²) in [6, 6.07) is 15.4. The smallest absolute Gasteiger partial charge is 0.261 e. The Bertz CT molecular complexity index is 853. The van der Waals surface area contributed by atoms with Crippen LogP contribution in [0, 0.1) is 0 Å². The lowest BCUT2D eigenvalue weighted by molar-refractivity contribution is 0.0651. The van der Waals surface area contributed by atoms with Crippen molar-refractivity contribution in [2.75, 3.05) is 29.9 Å². The highest BCUT2D eigenvalue weighted by Crippen LogP contribution is 2.24. The minimum atomic E-state index is -0.200. The van der Waals surface area contributed by atoms with Crippen molar-refractivity contribution in [3.8, 4) is 0 Å². The molecule has 0 aromatic heterocycles. The molecule has 2 amide bonds. The number of benzene rings is 2. The predicted molar refractivity (Wildman–Crippen MR) is 113 cm³/mol. The van der Waals surface area contributed by atoms with E-state index in [0.29, 0.717) is 24.1 Å². The first-order chi connectivity index (χ1) is 14.0. The van der Waals surface area contributed by atoms with Gasteiger partial charge in [0.25, 0.3) is 11.8 Å². The topological polar surface area (TPSA) is 72.9 Å². The molecular weight excluding hydrogens is 366 g/mol. The average Bonchev–Trinajstić information content (AvgIpc) is 2.98. The first kappa shape index (κ1) is 19.5. The highest BCUT2D eigenvalue weighted by atomic mass is 16.3. The third-order valence-electron chi connectivity index (χ3n) is 5.77. The third-order valence-corrected chi connectivity index (χ3v) is 5.77. The zero-order valence-electron chi connectivity index (χ0n) is 16.7. The Morgan fingerprint density at radius 2 is 1.59 bits per heavy atom. The Hall–Kier alpha value is -2.86. The van der Waals surface area contributed by atoms with Crippen LogP contribution in [0.4, 0.5) is 11.4 Å². The SMILES string of the molecule is C[C@H](CCN1C(=O)c2ccccc2C1=O)Nc1ccc(N2CCC(O)CC2)cc1. The fourth-order valence-electron chi connectivity index (χ4n) is 4.01. The van der Waals surface area contributed by atoms with Crippen molar-refractivity contribution in [3.05, 3.63) is 59.7 Å². The van der Waals surface area contributed by atoms with Gasteiger partial charge in [-0.15, -0.1) is 0 Å². The molecule has 0 spiro atoms. The Labute approximate surface area is 171 Å². The van der Waals surface area contributed by atoms with E-state index in [-0.39, 0.29) is 24.0 Å². The van der Waals surface area contributed by atoms with E-state index in [4.69, 9.17) is 0 Å². The third kappa shape index (κ3) is 4.12. The highest BCUT2D eigenvalue weighted by molar-refractivity contribution is 6.21. The number of carbonyl (C=O) groups excluding carboxylic acids is 2. The molecule has 1 fully saturated rings. The van der Waals surface area contributed by atoms with Gasteiger partial charge in [-0.05, 0) is 62.6 Å². The van der Waals surface area contributed by atoms with Gasteiger partial charge < -0.3 is 15.3 Å². The van der Waals surface area contributed by atoms with Crippen molar-refractivity contribution in [2.24, 2.45) is 0 Å². The number of amides is 2. The van der Waals surface area contributed by atoms with E-state index in [2.05, 4.69) is 41.4 Å². The van der Waals surface area contributed by atoms with Crippen LogP contribution in [0.15, 0.2) is 48.5 Å². The van der Waals surface area contributed by atoms with Gasteiger partial charge in [-0.25, -0.2) is 0 Å². The fourth-order valence-corrected chi connectivity index (χ4v) is 4.01. The van der Waals surface area contributed by atoms with Crippen molar-refractivity contribution >= 4 is 23.2 Å².